The average Bonchev–Trinajstić information content (AvgIpc) is 2.68. The van der Waals surface area contributed by atoms with Gasteiger partial charge in [0.05, 0.1) is 9.83 Å². The Morgan fingerprint density at radius 3 is 2.62 bits per heavy atom. The van der Waals surface area contributed by atoms with Crippen molar-refractivity contribution in [2.24, 2.45) is 5.73 Å². The van der Waals surface area contributed by atoms with Crippen LogP contribution in [0.15, 0.2) is 33.4 Å². The van der Waals surface area contributed by atoms with E-state index in [0.29, 0.717) is 5.56 Å². The number of hydrogen-bond acceptors (Lipinski definition) is 2. The summed E-state index contributed by atoms with van der Waals surface area (Å²) in [6.07, 6.45) is 0. The van der Waals surface area contributed by atoms with E-state index in [-0.39, 0.29) is 11.9 Å². The Kier molecular flexibility index (Phi) is 3.42. The predicted octanol–water partition coefficient (Wildman–Crippen LogP) is 4.01. The molecule has 0 radical (unpaired) electrons. The van der Waals surface area contributed by atoms with Crippen LogP contribution in [0.25, 0.3) is 0 Å². The van der Waals surface area contributed by atoms with E-state index < -0.39 is 0 Å². The molecule has 0 fully saturated rings. The molecule has 2 N–H and O–H groups in total. The van der Waals surface area contributed by atoms with Crippen LogP contribution in [-0.4, -0.2) is 0 Å². The highest BCUT2D eigenvalue weighted by atomic mass is 79.9. The maximum atomic E-state index is 13.4. The Morgan fingerprint density at radius 2 is 2.06 bits per heavy atom. The number of thiophene rings is 1. The Morgan fingerprint density at radius 1 is 1.31 bits per heavy atom. The molecule has 0 aliphatic heterocycles. The highest BCUT2D eigenvalue weighted by molar-refractivity contribution is 9.11. The van der Waals surface area contributed by atoms with Gasteiger partial charge in [-0.05, 0) is 57.1 Å². The molecule has 0 aliphatic rings. The van der Waals surface area contributed by atoms with Gasteiger partial charge < -0.3 is 5.73 Å². The van der Waals surface area contributed by atoms with Crippen molar-refractivity contribution in [3.8, 4) is 0 Å². The Labute approximate surface area is 106 Å². The fourth-order valence-corrected chi connectivity index (χ4v) is 2.69. The first-order valence-corrected chi connectivity index (χ1v) is 6.51. The summed E-state index contributed by atoms with van der Waals surface area (Å²) in [5.41, 5.74) is 8.51. The van der Waals surface area contributed by atoms with Gasteiger partial charge >= 0.3 is 0 Å². The largest absolute Gasteiger partial charge is 0.320 e. The van der Waals surface area contributed by atoms with Gasteiger partial charge in [0.2, 0.25) is 0 Å². The summed E-state index contributed by atoms with van der Waals surface area (Å²) in [5.74, 6) is -0.206. The van der Waals surface area contributed by atoms with Crippen LogP contribution in [-0.2, 0) is 0 Å². The molecule has 4 heteroatoms. The maximum Gasteiger partial charge on any atom is 0.126 e. The van der Waals surface area contributed by atoms with E-state index in [0.717, 1.165) is 14.9 Å². The zero-order valence-corrected chi connectivity index (χ0v) is 11.1. The third-order valence-electron chi connectivity index (χ3n) is 2.50. The second kappa shape index (κ2) is 4.65. The van der Waals surface area contributed by atoms with Gasteiger partial charge in [-0.2, -0.15) is 0 Å². The predicted molar refractivity (Wildman–Crippen MR) is 69.2 cm³/mol. The van der Waals surface area contributed by atoms with Crippen LogP contribution in [0.2, 0.25) is 0 Å². The van der Waals surface area contributed by atoms with Crippen LogP contribution in [0.5, 0.6) is 0 Å². The summed E-state index contributed by atoms with van der Waals surface area (Å²) in [7, 11) is 0. The van der Waals surface area contributed by atoms with Crippen molar-refractivity contribution < 1.29 is 4.39 Å². The lowest BCUT2D eigenvalue weighted by Crippen LogP contribution is -2.11. The van der Waals surface area contributed by atoms with E-state index in [2.05, 4.69) is 15.9 Å². The summed E-state index contributed by atoms with van der Waals surface area (Å²) in [6, 6.07) is 6.83. The average molecular weight is 300 g/mol. The summed E-state index contributed by atoms with van der Waals surface area (Å²) >= 11 is 4.97. The molecule has 1 heterocycles. The van der Waals surface area contributed by atoms with Crippen molar-refractivity contribution in [2.45, 2.75) is 13.0 Å². The van der Waals surface area contributed by atoms with Crippen molar-refractivity contribution in [1.82, 2.24) is 0 Å². The molecule has 0 amide bonds. The molecule has 1 unspecified atom stereocenters. The van der Waals surface area contributed by atoms with Crippen LogP contribution in [0, 0.1) is 12.7 Å². The van der Waals surface area contributed by atoms with Gasteiger partial charge in [0, 0.05) is 0 Å². The van der Waals surface area contributed by atoms with E-state index in [1.165, 1.54) is 6.07 Å². The second-order valence-electron chi connectivity index (χ2n) is 3.67. The second-order valence-corrected chi connectivity index (χ2v) is 5.96. The first-order chi connectivity index (χ1) is 7.58. The molecule has 84 valence electrons. The lowest BCUT2D eigenvalue weighted by molar-refractivity contribution is 0.614. The van der Waals surface area contributed by atoms with E-state index in [1.807, 2.05) is 17.5 Å². The van der Waals surface area contributed by atoms with E-state index in [4.69, 9.17) is 5.73 Å². The van der Waals surface area contributed by atoms with Crippen molar-refractivity contribution in [3.05, 3.63) is 55.9 Å². The smallest absolute Gasteiger partial charge is 0.126 e. The number of halogens is 2. The van der Waals surface area contributed by atoms with E-state index in [9.17, 15) is 4.39 Å². The molecular weight excluding hydrogens is 289 g/mol. The summed E-state index contributed by atoms with van der Waals surface area (Å²) < 4.78 is 14.4. The molecule has 2 aromatic rings. The quantitative estimate of drug-likeness (QED) is 0.891. The lowest BCUT2D eigenvalue weighted by atomic mass is 10.0. The molecule has 0 aliphatic carbocycles. The molecule has 2 rings (SSSR count). The van der Waals surface area contributed by atoms with Gasteiger partial charge in [-0.25, -0.2) is 4.39 Å². The third kappa shape index (κ3) is 2.34. The molecule has 1 nitrogen and oxygen atoms in total. The molecule has 0 saturated heterocycles. The number of aryl methyl sites for hydroxylation is 1. The van der Waals surface area contributed by atoms with Gasteiger partial charge in [-0.1, -0.05) is 12.1 Å². The highest BCUT2D eigenvalue weighted by Gasteiger charge is 2.12. The molecular formula is C12H11BrFNS. The molecule has 16 heavy (non-hydrogen) atoms. The first-order valence-electron chi connectivity index (χ1n) is 4.83. The van der Waals surface area contributed by atoms with Crippen LogP contribution in [0.1, 0.15) is 22.7 Å². The van der Waals surface area contributed by atoms with Gasteiger partial charge in [0.15, 0.2) is 0 Å². The summed E-state index contributed by atoms with van der Waals surface area (Å²) in [4.78, 5) is 0. The molecule has 1 aromatic heterocycles. The topological polar surface area (TPSA) is 26.0 Å². The SMILES string of the molecule is Cc1ccc(C(N)c2csc(Br)c2)cc1F. The fourth-order valence-electron chi connectivity index (χ4n) is 1.48. The van der Waals surface area contributed by atoms with Crippen LogP contribution >= 0.6 is 27.3 Å². The lowest BCUT2D eigenvalue weighted by Gasteiger charge is -2.11. The fraction of sp³-hybridized carbons (Fsp3) is 0.167. The number of benzene rings is 1. The Bertz CT molecular complexity index is 509. The monoisotopic (exact) mass is 299 g/mol. The standard InChI is InChI=1S/C12H11BrFNS/c1-7-2-3-8(4-10(7)14)12(15)9-5-11(13)16-6-9/h2-6,12H,15H2,1H3. The van der Waals surface area contributed by atoms with Crippen LogP contribution in [0.3, 0.4) is 0 Å². The molecule has 1 aromatic carbocycles. The summed E-state index contributed by atoms with van der Waals surface area (Å²) in [5, 5.41) is 1.98. The molecule has 0 bridgehead atoms. The highest BCUT2D eigenvalue weighted by Crippen LogP contribution is 2.28. The summed E-state index contributed by atoms with van der Waals surface area (Å²) in [6.45, 7) is 1.74. The minimum atomic E-state index is -0.266. The van der Waals surface area contributed by atoms with Crippen molar-refractivity contribution in [1.29, 1.82) is 0 Å². The maximum absolute atomic E-state index is 13.4. The minimum Gasteiger partial charge on any atom is -0.320 e. The van der Waals surface area contributed by atoms with Crippen molar-refractivity contribution in [3.63, 3.8) is 0 Å². The molecule has 0 saturated carbocycles. The van der Waals surface area contributed by atoms with Gasteiger partial charge in [-0.15, -0.1) is 11.3 Å². The minimum absolute atomic E-state index is 0.206. The van der Waals surface area contributed by atoms with E-state index >= 15 is 0 Å². The van der Waals surface area contributed by atoms with Crippen molar-refractivity contribution in [2.75, 3.05) is 0 Å². The molecule has 0 spiro atoms. The number of rotatable bonds is 2. The van der Waals surface area contributed by atoms with Gasteiger partial charge in [0.25, 0.3) is 0 Å². The Hall–Kier alpha value is -0.710. The van der Waals surface area contributed by atoms with Crippen LogP contribution < -0.4 is 5.73 Å². The third-order valence-corrected chi connectivity index (χ3v) is 4.02. The zero-order chi connectivity index (χ0) is 11.7. The van der Waals surface area contributed by atoms with Gasteiger partial charge in [-0.3, -0.25) is 0 Å². The van der Waals surface area contributed by atoms with Crippen molar-refractivity contribution >= 4 is 27.3 Å². The first kappa shape index (κ1) is 11.8. The van der Waals surface area contributed by atoms with Gasteiger partial charge in [0.1, 0.15) is 5.82 Å². The normalized spacial score (nSPS) is 12.8. The Balaban J connectivity index is 2.33. The van der Waals surface area contributed by atoms with E-state index in [1.54, 1.807) is 24.3 Å². The number of nitrogens with two attached hydrogens (primary N) is 1. The zero-order valence-electron chi connectivity index (χ0n) is 8.71. The van der Waals surface area contributed by atoms with Crippen LogP contribution in [0.4, 0.5) is 4.39 Å². The molecule has 1 atom stereocenters. The number of hydrogen-bond donors (Lipinski definition) is 1.